The molecular formula is C8H16N4O4. The van der Waals surface area contributed by atoms with E-state index in [2.05, 4.69) is 10.0 Å². The Morgan fingerprint density at radius 2 is 1.69 bits per heavy atom. The molecule has 2 N–H and O–H groups in total. The SMILES string of the molecule is [N-]=[N+]=NCCOCCOCCOCC(N)=O. The van der Waals surface area contributed by atoms with Gasteiger partial charge in [-0.1, -0.05) is 5.11 Å². The van der Waals surface area contributed by atoms with E-state index in [1.807, 2.05) is 0 Å². The summed E-state index contributed by atoms with van der Waals surface area (Å²) < 4.78 is 15.1. The molecule has 0 aromatic carbocycles. The number of ether oxygens (including phenoxy) is 3. The molecule has 0 radical (unpaired) electrons. The summed E-state index contributed by atoms with van der Waals surface area (Å²) in [5.74, 6) is -0.499. The molecule has 0 saturated carbocycles. The van der Waals surface area contributed by atoms with Gasteiger partial charge in [-0.25, -0.2) is 0 Å². The highest BCUT2D eigenvalue weighted by molar-refractivity contribution is 5.74. The normalized spacial score (nSPS) is 9.75. The number of rotatable bonds is 11. The molecule has 8 nitrogen and oxygen atoms in total. The number of primary amides is 1. The molecule has 0 heterocycles. The summed E-state index contributed by atoms with van der Waals surface area (Å²) in [6, 6.07) is 0. The van der Waals surface area contributed by atoms with Crippen LogP contribution in [-0.2, 0) is 19.0 Å². The lowest BCUT2D eigenvalue weighted by Crippen LogP contribution is -2.20. The molecule has 0 unspecified atom stereocenters. The Kier molecular flexibility index (Phi) is 10.8. The molecule has 0 rings (SSSR count). The van der Waals surface area contributed by atoms with Crippen molar-refractivity contribution >= 4 is 5.91 Å². The Bertz CT molecular complexity index is 220. The van der Waals surface area contributed by atoms with E-state index in [4.69, 9.17) is 25.5 Å². The summed E-state index contributed by atoms with van der Waals surface area (Å²) in [7, 11) is 0. The van der Waals surface area contributed by atoms with Gasteiger partial charge >= 0.3 is 0 Å². The van der Waals surface area contributed by atoms with Gasteiger partial charge in [0.1, 0.15) is 6.61 Å². The molecule has 1 amide bonds. The van der Waals surface area contributed by atoms with Crippen LogP contribution in [0.4, 0.5) is 0 Å². The number of hydrogen-bond donors (Lipinski definition) is 1. The fraction of sp³-hybridized carbons (Fsp3) is 0.875. The molecule has 0 aromatic heterocycles. The highest BCUT2D eigenvalue weighted by atomic mass is 16.5. The number of nitrogens with two attached hydrogens (primary N) is 1. The third-order valence-corrected chi connectivity index (χ3v) is 1.39. The van der Waals surface area contributed by atoms with Crippen molar-refractivity contribution in [3.63, 3.8) is 0 Å². The number of hydrogen-bond acceptors (Lipinski definition) is 5. The fourth-order valence-corrected chi connectivity index (χ4v) is 0.763. The topological polar surface area (TPSA) is 120 Å². The van der Waals surface area contributed by atoms with Gasteiger partial charge in [0.2, 0.25) is 5.91 Å². The summed E-state index contributed by atoms with van der Waals surface area (Å²) in [5, 5.41) is 3.30. The molecule has 0 aliphatic carbocycles. The van der Waals surface area contributed by atoms with Crippen LogP contribution in [0.2, 0.25) is 0 Å². The van der Waals surface area contributed by atoms with Crippen LogP contribution in [-0.4, -0.2) is 52.1 Å². The van der Waals surface area contributed by atoms with Crippen LogP contribution in [0, 0.1) is 0 Å². The van der Waals surface area contributed by atoms with E-state index in [0.717, 1.165) is 0 Å². The van der Waals surface area contributed by atoms with Crippen LogP contribution in [0.1, 0.15) is 0 Å². The molecule has 0 aliphatic heterocycles. The van der Waals surface area contributed by atoms with Crippen molar-refractivity contribution in [3.05, 3.63) is 10.4 Å². The molecule has 16 heavy (non-hydrogen) atoms. The van der Waals surface area contributed by atoms with E-state index < -0.39 is 5.91 Å². The number of azide groups is 1. The first-order valence-electron chi connectivity index (χ1n) is 4.79. The molecule has 92 valence electrons. The van der Waals surface area contributed by atoms with Crippen LogP contribution >= 0.6 is 0 Å². The highest BCUT2D eigenvalue weighted by Gasteiger charge is 1.94. The monoisotopic (exact) mass is 232 g/mol. The lowest BCUT2D eigenvalue weighted by molar-refractivity contribution is -0.123. The van der Waals surface area contributed by atoms with E-state index >= 15 is 0 Å². The van der Waals surface area contributed by atoms with Crippen LogP contribution in [0.15, 0.2) is 5.11 Å². The predicted molar refractivity (Wildman–Crippen MR) is 55.7 cm³/mol. The molecule has 0 atom stereocenters. The maximum atomic E-state index is 10.3. The van der Waals surface area contributed by atoms with Crippen LogP contribution < -0.4 is 5.73 Å². The lowest BCUT2D eigenvalue weighted by atomic mass is 10.6. The number of nitrogens with zero attached hydrogens (tertiary/aromatic N) is 3. The van der Waals surface area contributed by atoms with Crippen molar-refractivity contribution in [2.45, 2.75) is 0 Å². The van der Waals surface area contributed by atoms with E-state index in [0.29, 0.717) is 39.6 Å². The van der Waals surface area contributed by atoms with Gasteiger partial charge in [-0.05, 0) is 5.53 Å². The smallest absolute Gasteiger partial charge is 0.243 e. The summed E-state index contributed by atoms with van der Waals surface area (Å²) >= 11 is 0. The minimum Gasteiger partial charge on any atom is -0.379 e. The van der Waals surface area contributed by atoms with Crippen molar-refractivity contribution in [1.29, 1.82) is 0 Å². The molecular weight excluding hydrogens is 216 g/mol. The van der Waals surface area contributed by atoms with Crippen LogP contribution in [0.25, 0.3) is 10.4 Å². The van der Waals surface area contributed by atoms with Gasteiger partial charge in [-0.3, -0.25) is 4.79 Å². The van der Waals surface area contributed by atoms with E-state index in [9.17, 15) is 4.79 Å². The Labute approximate surface area is 93.3 Å². The lowest BCUT2D eigenvalue weighted by Gasteiger charge is -2.04. The Morgan fingerprint density at radius 1 is 1.12 bits per heavy atom. The van der Waals surface area contributed by atoms with Crippen LogP contribution in [0.3, 0.4) is 0 Å². The summed E-state index contributed by atoms with van der Waals surface area (Å²) in [5.41, 5.74) is 12.8. The predicted octanol–water partition coefficient (Wildman–Crippen LogP) is -0.168. The van der Waals surface area contributed by atoms with Crippen LogP contribution in [0.5, 0.6) is 0 Å². The summed E-state index contributed by atoms with van der Waals surface area (Å²) in [6.45, 7) is 2.16. The molecule has 0 fully saturated rings. The van der Waals surface area contributed by atoms with Crippen molar-refractivity contribution < 1.29 is 19.0 Å². The summed E-state index contributed by atoms with van der Waals surface area (Å²) in [6.07, 6.45) is 0. The maximum absolute atomic E-state index is 10.3. The van der Waals surface area contributed by atoms with E-state index in [1.54, 1.807) is 0 Å². The molecule has 0 aliphatic rings. The van der Waals surface area contributed by atoms with E-state index in [-0.39, 0.29) is 6.61 Å². The zero-order valence-electron chi connectivity index (χ0n) is 9.00. The second-order valence-electron chi connectivity index (χ2n) is 2.70. The zero-order chi connectivity index (χ0) is 12.1. The average Bonchev–Trinajstić information content (AvgIpc) is 2.25. The van der Waals surface area contributed by atoms with E-state index in [1.165, 1.54) is 0 Å². The highest BCUT2D eigenvalue weighted by Crippen LogP contribution is 1.82. The number of carbonyl (C=O) groups excluding carboxylic acids is 1. The van der Waals surface area contributed by atoms with Gasteiger partial charge in [0.15, 0.2) is 0 Å². The Balaban J connectivity index is 2.98. The van der Waals surface area contributed by atoms with Crippen molar-refractivity contribution in [3.8, 4) is 0 Å². The first kappa shape index (κ1) is 14.7. The van der Waals surface area contributed by atoms with Crippen molar-refractivity contribution in [2.75, 3.05) is 46.2 Å². The fourth-order valence-electron chi connectivity index (χ4n) is 0.763. The molecule has 0 spiro atoms. The number of amides is 1. The first-order valence-corrected chi connectivity index (χ1v) is 4.79. The molecule has 0 saturated heterocycles. The van der Waals surface area contributed by atoms with Gasteiger partial charge in [0.05, 0.1) is 33.0 Å². The van der Waals surface area contributed by atoms with Gasteiger partial charge in [0, 0.05) is 11.5 Å². The number of carbonyl (C=O) groups is 1. The third kappa shape index (κ3) is 12.7. The van der Waals surface area contributed by atoms with Gasteiger partial charge in [-0.2, -0.15) is 0 Å². The zero-order valence-corrected chi connectivity index (χ0v) is 9.00. The van der Waals surface area contributed by atoms with Crippen molar-refractivity contribution in [2.24, 2.45) is 10.8 Å². The quantitative estimate of drug-likeness (QED) is 0.230. The third-order valence-electron chi connectivity index (χ3n) is 1.39. The minimum absolute atomic E-state index is 0.0912. The largest absolute Gasteiger partial charge is 0.379 e. The summed E-state index contributed by atoms with van der Waals surface area (Å²) in [4.78, 5) is 12.8. The van der Waals surface area contributed by atoms with Gasteiger partial charge < -0.3 is 19.9 Å². The average molecular weight is 232 g/mol. The molecule has 0 aromatic rings. The maximum Gasteiger partial charge on any atom is 0.243 e. The van der Waals surface area contributed by atoms with Gasteiger partial charge in [-0.15, -0.1) is 0 Å². The first-order chi connectivity index (χ1) is 7.77. The molecule has 0 bridgehead atoms. The standard InChI is InChI=1S/C8H16N4O4/c9-8(13)7-16-6-5-15-4-3-14-2-1-11-12-10/h1-7H2,(H2,9,13). The Morgan fingerprint density at radius 3 is 2.25 bits per heavy atom. The van der Waals surface area contributed by atoms with Crippen molar-refractivity contribution in [1.82, 2.24) is 0 Å². The second kappa shape index (κ2) is 11.7. The van der Waals surface area contributed by atoms with Gasteiger partial charge in [0.25, 0.3) is 0 Å². The second-order valence-corrected chi connectivity index (χ2v) is 2.70. The minimum atomic E-state index is -0.499. The molecule has 8 heteroatoms. The Hall–Kier alpha value is -1.34.